The van der Waals surface area contributed by atoms with Gasteiger partial charge in [-0.2, -0.15) is 13.6 Å². The summed E-state index contributed by atoms with van der Waals surface area (Å²) < 4.78 is 111. The molecule has 3 saturated heterocycles. The van der Waals surface area contributed by atoms with Gasteiger partial charge in [-0.05, 0) is 14.1 Å². The van der Waals surface area contributed by atoms with E-state index in [0.29, 0.717) is 0 Å². The van der Waals surface area contributed by atoms with E-state index in [-0.39, 0.29) is 57.8 Å². The van der Waals surface area contributed by atoms with Crippen molar-refractivity contribution >= 4 is 82.5 Å². The number of imidazole rings is 3. The van der Waals surface area contributed by atoms with Gasteiger partial charge in [0.1, 0.15) is 54.6 Å². The number of hydrogen-bond donors (Lipinski definition) is 12. The highest BCUT2D eigenvalue weighted by Crippen LogP contribution is 2.68. The number of anilines is 3. The van der Waals surface area contributed by atoms with Crippen molar-refractivity contribution in [1.29, 1.82) is 0 Å². The Labute approximate surface area is 434 Å². The monoisotopic (exact) mass is 1190 g/mol. The summed E-state index contributed by atoms with van der Waals surface area (Å²) in [7, 11) is -17.4. The Kier molecular flexibility index (Phi) is 16.0. The lowest BCUT2D eigenvalue weighted by atomic mass is 9.98. The first-order valence-electron chi connectivity index (χ1n) is 22.5. The molecule has 3 aliphatic rings. The summed E-state index contributed by atoms with van der Waals surface area (Å²) in [5.74, 6) is -1.55. The molecule has 3 fully saturated rings. The standard InChI is InChI=1S/C35H50N16O23P4/c1-47(2)5-13-14(69-31(20(13)52)51-12-48(3)19-28(51)44-35(38)46-30(19)56)6-67-76(59,60)73-78(63,64)74-77(61,62)68-8-16-23(24(65-4)33(71-16)49-10-41-17-25(36)39-9-40-26(17)49)72-75(57,58)66-7-15-21(53)22(54)32(70-15)50-11-42-18-27(50)43-34(37)45-29(18)55/h9-16,20-24,31-33,52-54H,5-8H2,1-4H3,(H11-,36,37,38,39,40,43,44,45,46,55,56,57,58,59,60,61,62,63,64)/p+1/t13-,14-,15-,16-,20-,21-,22-,23-,24-,31?,32-,33-/m1/s1. The van der Waals surface area contributed by atoms with Gasteiger partial charge in [0.25, 0.3) is 17.1 Å². The van der Waals surface area contributed by atoms with Crippen LogP contribution in [0, 0.1) is 5.92 Å². The van der Waals surface area contributed by atoms with Gasteiger partial charge in [0, 0.05) is 19.6 Å². The number of nitrogen functional groups attached to an aromatic ring is 3. The second kappa shape index (κ2) is 21.7. The molecule has 39 nitrogen and oxygen atoms in total. The fraction of sp³-hybridized carbons (Fsp3) is 0.571. The smallest absolute Gasteiger partial charge is 0.387 e. The first-order valence-corrected chi connectivity index (χ1v) is 28.5. The Hall–Kier alpha value is -5.15. The van der Waals surface area contributed by atoms with Gasteiger partial charge in [-0.15, -0.1) is 0 Å². The Morgan fingerprint density at radius 1 is 0.705 bits per heavy atom. The zero-order valence-electron chi connectivity index (χ0n) is 40.7. The number of H-pyrrole nitrogens is 2. The molecule has 0 aromatic carbocycles. The maximum absolute atomic E-state index is 13.7. The number of methoxy groups -OCH3 is 1. The zero-order chi connectivity index (χ0) is 56.6. The van der Waals surface area contributed by atoms with Crippen LogP contribution in [0.1, 0.15) is 18.7 Å². The number of phosphoric ester groups is 3. The van der Waals surface area contributed by atoms with Crippen LogP contribution >= 0.6 is 31.3 Å². The summed E-state index contributed by atoms with van der Waals surface area (Å²) in [6, 6.07) is 0. The molecule has 78 heavy (non-hydrogen) atoms. The number of aryl methyl sites for hydroxylation is 1. The Bertz CT molecular complexity index is 3540. The van der Waals surface area contributed by atoms with Crippen molar-refractivity contribution in [3.05, 3.63) is 46.0 Å². The summed E-state index contributed by atoms with van der Waals surface area (Å²) in [5, 5.41) is 33.2. The minimum absolute atomic E-state index is 0.00550. The fourth-order valence-electron chi connectivity index (χ4n) is 9.02. The first kappa shape index (κ1) is 57.5. The number of nitrogens with two attached hydrogens (primary N) is 3. The van der Waals surface area contributed by atoms with Gasteiger partial charge in [0.15, 0.2) is 41.4 Å². The number of aromatic nitrogens is 12. The van der Waals surface area contributed by atoms with Crippen molar-refractivity contribution in [3.8, 4) is 0 Å². The van der Waals surface area contributed by atoms with Crippen molar-refractivity contribution in [2.45, 2.75) is 67.5 Å². The van der Waals surface area contributed by atoms with Crippen molar-refractivity contribution in [3.63, 3.8) is 0 Å². The molecule has 0 aliphatic carbocycles. The minimum Gasteiger partial charge on any atom is -0.387 e. The third-order valence-electron chi connectivity index (χ3n) is 12.3. The third kappa shape index (κ3) is 11.7. The normalized spacial score (nSPS) is 29.8. The summed E-state index contributed by atoms with van der Waals surface area (Å²) in [6.45, 7) is -3.07. The van der Waals surface area contributed by atoms with E-state index in [1.165, 1.54) is 27.1 Å². The molecule has 9 rings (SSSR count). The molecule has 428 valence electrons. The van der Waals surface area contributed by atoms with E-state index >= 15 is 0 Å². The van der Waals surface area contributed by atoms with Crippen molar-refractivity contribution in [2.24, 2.45) is 13.0 Å². The van der Waals surface area contributed by atoms with Crippen LogP contribution in [-0.4, -0.2) is 190 Å². The Morgan fingerprint density at radius 3 is 1.96 bits per heavy atom. The van der Waals surface area contributed by atoms with Crippen LogP contribution in [0.5, 0.6) is 0 Å². The SMILES string of the molecule is CO[C@@H]1[C@H](OP(=O)(O)OC[C@H]2O[C@@H](n3cnc4c(=O)[nH]c(N)nc43)[C@H](O)[C@@H]2O)[C@@H](COP(=O)(O)OP(=O)(O)OP(=O)(O)OC[C@H]2OC([n+]3cn(C)c4c(=O)[nH]c(N)nc43)[C@H](O)[C@@H]2CN(C)C)O[C@H]1n1cnc2c(N)ncnc21. The number of ether oxygens (including phenoxy) is 4. The molecule has 0 bridgehead atoms. The van der Waals surface area contributed by atoms with E-state index in [1.807, 2.05) is 0 Å². The number of aliphatic hydroxyl groups is 3. The van der Waals surface area contributed by atoms with Crippen molar-refractivity contribution < 1.29 is 103 Å². The van der Waals surface area contributed by atoms with Gasteiger partial charge in [-0.3, -0.25) is 51.4 Å². The lowest BCUT2D eigenvalue weighted by molar-refractivity contribution is -0.745. The number of nitrogens with zero attached hydrogens (tertiary/aromatic N) is 11. The van der Waals surface area contributed by atoms with Crippen LogP contribution in [0.4, 0.5) is 17.7 Å². The number of phosphoric acid groups is 4. The van der Waals surface area contributed by atoms with E-state index < -0.39 is 136 Å². The fourth-order valence-corrected chi connectivity index (χ4v) is 13.5. The lowest BCUT2D eigenvalue weighted by Gasteiger charge is -2.26. The van der Waals surface area contributed by atoms with Crippen LogP contribution < -0.4 is 32.9 Å². The average molecular weight is 1190 g/mol. The van der Waals surface area contributed by atoms with Gasteiger partial charge >= 0.3 is 36.9 Å². The molecule has 0 radical (unpaired) electrons. The molecule has 6 aromatic heterocycles. The number of aromatic amines is 2. The molecule has 0 amide bonds. The molecule has 16 atom stereocenters. The zero-order valence-corrected chi connectivity index (χ0v) is 44.2. The molecule has 0 spiro atoms. The minimum atomic E-state index is -6.17. The molecule has 9 heterocycles. The number of fused-ring (bicyclic) bond motifs is 3. The van der Waals surface area contributed by atoms with E-state index in [2.05, 4.69) is 48.5 Å². The van der Waals surface area contributed by atoms with Gasteiger partial charge < -0.3 is 75.9 Å². The van der Waals surface area contributed by atoms with E-state index in [9.17, 15) is 62.7 Å². The summed E-state index contributed by atoms with van der Waals surface area (Å²) in [4.78, 5) is 98.3. The highest BCUT2D eigenvalue weighted by Gasteiger charge is 2.54. The number of aliphatic hydroxyl groups excluding tert-OH is 3. The lowest BCUT2D eigenvalue weighted by Crippen LogP contribution is -2.46. The van der Waals surface area contributed by atoms with Crippen molar-refractivity contribution in [2.75, 3.05) is 64.8 Å². The van der Waals surface area contributed by atoms with Gasteiger partial charge in [0.2, 0.25) is 17.7 Å². The van der Waals surface area contributed by atoms with Crippen LogP contribution in [0.25, 0.3) is 33.5 Å². The maximum atomic E-state index is 13.7. The second-order valence-corrected chi connectivity index (χ2v) is 23.9. The topological polar surface area (TPSA) is 545 Å². The van der Waals surface area contributed by atoms with Crippen LogP contribution in [0.3, 0.4) is 0 Å². The molecular weight excluding hydrogens is 1140 g/mol. The molecule has 15 N–H and O–H groups in total. The molecule has 3 aliphatic heterocycles. The predicted molar refractivity (Wildman–Crippen MR) is 255 cm³/mol. The van der Waals surface area contributed by atoms with Gasteiger partial charge in [-0.25, -0.2) is 42.8 Å². The van der Waals surface area contributed by atoms with Crippen molar-refractivity contribution in [1.82, 2.24) is 58.5 Å². The molecule has 6 aromatic rings. The number of rotatable bonds is 21. The molecular formula is C35H51N16O23P4+. The van der Waals surface area contributed by atoms with Crippen LogP contribution in [0.2, 0.25) is 0 Å². The van der Waals surface area contributed by atoms with E-state index in [4.69, 9.17) is 54.2 Å². The van der Waals surface area contributed by atoms with E-state index in [0.717, 1.165) is 30.7 Å². The van der Waals surface area contributed by atoms with Crippen LogP contribution in [-0.2, 0) is 71.0 Å². The summed E-state index contributed by atoms with van der Waals surface area (Å²) >= 11 is 0. The highest BCUT2D eigenvalue weighted by atomic mass is 31.3. The van der Waals surface area contributed by atoms with E-state index in [1.54, 1.807) is 19.0 Å². The van der Waals surface area contributed by atoms with Crippen LogP contribution in [0.15, 0.2) is 34.9 Å². The largest absolute Gasteiger partial charge is 0.490 e. The molecule has 0 saturated carbocycles. The number of hydrogen-bond acceptors (Lipinski definition) is 29. The predicted octanol–water partition coefficient (Wildman–Crippen LogP) is -3.89. The maximum Gasteiger partial charge on any atom is 0.490 e. The highest BCUT2D eigenvalue weighted by molar-refractivity contribution is 7.66. The second-order valence-electron chi connectivity index (χ2n) is 17.9. The first-order chi connectivity index (χ1) is 36.6. The van der Waals surface area contributed by atoms with Gasteiger partial charge in [0.05, 0.1) is 45.6 Å². The molecule has 5 unspecified atom stereocenters. The summed E-state index contributed by atoms with van der Waals surface area (Å²) in [6.07, 6.45) is -12.6. The Morgan fingerprint density at radius 2 is 1.29 bits per heavy atom. The van der Waals surface area contributed by atoms with Gasteiger partial charge in [-0.1, -0.05) is 4.98 Å². The third-order valence-corrected chi connectivity index (χ3v) is 17.6. The quantitative estimate of drug-likeness (QED) is 0.0242. The average Bonchev–Trinajstić information content (AvgIpc) is 4.28. The summed E-state index contributed by atoms with van der Waals surface area (Å²) in [5.41, 5.74) is 15.8. The number of nitrogens with one attached hydrogen (secondary N) is 2. The molecule has 43 heteroatoms. The Balaban J connectivity index is 0.873.